The van der Waals surface area contributed by atoms with Crippen molar-refractivity contribution in [1.82, 2.24) is 10.2 Å². The minimum Gasteiger partial charge on any atom is -0.409 e. The van der Waals surface area contributed by atoms with E-state index < -0.39 is 0 Å². The highest BCUT2D eigenvalue weighted by Crippen LogP contribution is 2.13. The van der Waals surface area contributed by atoms with Crippen LogP contribution in [-0.2, 0) is 0 Å². The molecule has 88 valence electrons. The molecule has 15 heavy (non-hydrogen) atoms. The molecule has 2 atom stereocenters. The second kappa shape index (κ2) is 5.92. The van der Waals surface area contributed by atoms with Crippen LogP contribution in [0.4, 0.5) is 0 Å². The summed E-state index contributed by atoms with van der Waals surface area (Å²) in [7, 11) is 2.14. The number of hydrogen-bond donors (Lipinski definition) is 3. The molecule has 1 aliphatic rings. The second-order valence-electron chi connectivity index (χ2n) is 4.31. The highest BCUT2D eigenvalue weighted by Gasteiger charge is 2.20. The van der Waals surface area contributed by atoms with Crippen molar-refractivity contribution in [2.75, 3.05) is 26.7 Å². The summed E-state index contributed by atoms with van der Waals surface area (Å²) in [5.41, 5.74) is 5.57. The van der Waals surface area contributed by atoms with Crippen LogP contribution < -0.4 is 11.1 Å². The first-order valence-electron chi connectivity index (χ1n) is 5.56. The fourth-order valence-electron chi connectivity index (χ4n) is 2.03. The summed E-state index contributed by atoms with van der Waals surface area (Å²) in [6.45, 7) is 5.28. The van der Waals surface area contributed by atoms with Crippen LogP contribution in [0.5, 0.6) is 0 Å². The van der Waals surface area contributed by atoms with E-state index >= 15 is 0 Å². The first-order valence-corrected chi connectivity index (χ1v) is 5.56. The van der Waals surface area contributed by atoms with Gasteiger partial charge in [-0.2, -0.15) is 0 Å². The monoisotopic (exact) mass is 214 g/mol. The van der Waals surface area contributed by atoms with E-state index in [9.17, 15) is 0 Å². The zero-order chi connectivity index (χ0) is 11.3. The number of hydrogen-bond acceptors (Lipinski definition) is 4. The van der Waals surface area contributed by atoms with E-state index in [1.807, 2.05) is 6.92 Å². The predicted octanol–water partition coefficient (Wildman–Crippen LogP) is 0.0527. The first-order chi connectivity index (χ1) is 7.17. The lowest BCUT2D eigenvalue weighted by atomic mass is 10.1. The average Bonchev–Trinajstić information content (AvgIpc) is 2.64. The third kappa shape index (κ3) is 3.68. The van der Waals surface area contributed by atoms with Crippen molar-refractivity contribution in [2.24, 2.45) is 16.8 Å². The fourth-order valence-corrected chi connectivity index (χ4v) is 2.03. The van der Waals surface area contributed by atoms with E-state index in [1.54, 1.807) is 0 Å². The van der Waals surface area contributed by atoms with Crippen LogP contribution in [0, 0.1) is 5.92 Å². The molecule has 0 spiro atoms. The Kier molecular flexibility index (Phi) is 4.84. The van der Waals surface area contributed by atoms with Gasteiger partial charge in [-0.1, -0.05) is 12.1 Å². The van der Waals surface area contributed by atoms with E-state index in [0.29, 0.717) is 5.92 Å². The van der Waals surface area contributed by atoms with Crippen molar-refractivity contribution in [2.45, 2.75) is 25.8 Å². The smallest absolute Gasteiger partial charge is 0.156 e. The van der Waals surface area contributed by atoms with Crippen LogP contribution in [0.25, 0.3) is 0 Å². The van der Waals surface area contributed by atoms with Crippen molar-refractivity contribution in [1.29, 1.82) is 0 Å². The summed E-state index contributed by atoms with van der Waals surface area (Å²) in [5.74, 6) is 0.972. The number of nitrogens with two attached hydrogens (primary N) is 1. The SMILES string of the molecule is CCC(NCC1CCN(C)C1)C(N)=NO. The molecule has 0 amide bonds. The van der Waals surface area contributed by atoms with Crippen LogP contribution in [0.1, 0.15) is 19.8 Å². The molecule has 2 unspecified atom stereocenters. The number of rotatable bonds is 5. The van der Waals surface area contributed by atoms with Gasteiger partial charge in [0.15, 0.2) is 5.84 Å². The lowest BCUT2D eigenvalue weighted by Crippen LogP contribution is -2.43. The third-order valence-electron chi connectivity index (χ3n) is 3.02. The number of oxime groups is 1. The molecule has 1 aliphatic heterocycles. The van der Waals surface area contributed by atoms with Gasteiger partial charge >= 0.3 is 0 Å². The van der Waals surface area contributed by atoms with Crippen LogP contribution in [0.3, 0.4) is 0 Å². The average molecular weight is 214 g/mol. The van der Waals surface area contributed by atoms with Gasteiger partial charge in [-0.3, -0.25) is 0 Å². The van der Waals surface area contributed by atoms with Gasteiger partial charge in [0, 0.05) is 6.54 Å². The Hall–Kier alpha value is -0.810. The zero-order valence-corrected chi connectivity index (χ0v) is 9.61. The molecule has 1 fully saturated rings. The number of likely N-dealkylation sites (tertiary alicyclic amines) is 1. The summed E-state index contributed by atoms with van der Waals surface area (Å²) < 4.78 is 0. The van der Waals surface area contributed by atoms with Gasteiger partial charge in [0.25, 0.3) is 0 Å². The second-order valence-corrected chi connectivity index (χ2v) is 4.31. The van der Waals surface area contributed by atoms with Crippen LogP contribution in [0.15, 0.2) is 5.16 Å². The summed E-state index contributed by atoms with van der Waals surface area (Å²) in [6.07, 6.45) is 2.08. The number of nitrogens with one attached hydrogen (secondary N) is 1. The molecule has 0 aliphatic carbocycles. The van der Waals surface area contributed by atoms with Crippen molar-refractivity contribution in [3.63, 3.8) is 0 Å². The van der Waals surface area contributed by atoms with Crippen molar-refractivity contribution in [3.05, 3.63) is 0 Å². The van der Waals surface area contributed by atoms with E-state index in [-0.39, 0.29) is 11.9 Å². The lowest BCUT2D eigenvalue weighted by Gasteiger charge is -2.18. The summed E-state index contributed by atoms with van der Waals surface area (Å²) in [5, 5.41) is 15.0. The Morgan fingerprint density at radius 1 is 1.73 bits per heavy atom. The first kappa shape index (κ1) is 12.3. The molecule has 5 heteroatoms. The molecule has 0 saturated carbocycles. The maximum absolute atomic E-state index is 8.59. The maximum Gasteiger partial charge on any atom is 0.156 e. The number of amidine groups is 1. The molecule has 0 aromatic heterocycles. The molecule has 1 saturated heterocycles. The van der Waals surface area contributed by atoms with E-state index in [0.717, 1.165) is 19.5 Å². The van der Waals surface area contributed by atoms with Crippen molar-refractivity contribution < 1.29 is 5.21 Å². The van der Waals surface area contributed by atoms with E-state index in [1.165, 1.54) is 13.0 Å². The molecule has 0 bridgehead atoms. The molecule has 4 N–H and O–H groups in total. The number of nitrogens with zero attached hydrogens (tertiary/aromatic N) is 2. The quantitative estimate of drug-likeness (QED) is 0.262. The van der Waals surface area contributed by atoms with Gasteiger partial charge in [-0.15, -0.1) is 0 Å². The molecule has 0 aromatic rings. The molecular weight excluding hydrogens is 192 g/mol. The van der Waals surface area contributed by atoms with E-state index in [4.69, 9.17) is 10.9 Å². The molecule has 1 heterocycles. The highest BCUT2D eigenvalue weighted by atomic mass is 16.4. The van der Waals surface area contributed by atoms with Crippen molar-refractivity contribution >= 4 is 5.84 Å². The van der Waals surface area contributed by atoms with Crippen LogP contribution in [-0.4, -0.2) is 48.7 Å². The van der Waals surface area contributed by atoms with Gasteiger partial charge in [0.2, 0.25) is 0 Å². The summed E-state index contributed by atoms with van der Waals surface area (Å²) >= 11 is 0. The standard InChI is InChI=1S/C10H22N4O/c1-3-9(10(11)13-15)12-6-8-4-5-14(2)7-8/h8-9,12,15H,3-7H2,1-2H3,(H2,11,13). The fraction of sp³-hybridized carbons (Fsp3) is 0.900. The Morgan fingerprint density at radius 3 is 2.93 bits per heavy atom. The van der Waals surface area contributed by atoms with Gasteiger partial charge < -0.3 is 21.2 Å². The van der Waals surface area contributed by atoms with Gasteiger partial charge in [0.1, 0.15) is 0 Å². The van der Waals surface area contributed by atoms with E-state index in [2.05, 4.69) is 22.4 Å². The zero-order valence-electron chi connectivity index (χ0n) is 9.61. The summed E-state index contributed by atoms with van der Waals surface area (Å²) in [6, 6.07) is 0.000839. The third-order valence-corrected chi connectivity index (χ3v) is 3.02. The molecule has 1 rings (SSSR count). The van der Waals surface area contributed by atoms with Crippen LogP contribution >= 0.6 is 0 Å². The Labute approximate surface area is 91.3 Å². The Balaban J connectivity index is 2.28. The Morgan fingerprint density at radius 2 is 2.47 bits per heavy atom. The minimum atomic E-state index is 0.000839. The molecule has 5 nitrogen and oxygen atoms in total. The lowest BCUT2D eigenvalue weighted by molar-refractivity contribution is 0.313. The normalized spacial score (nSPS) is 25.7. The minimum absolute atomic E-state index is 0.000839. The molecular formula is C10H22N4O. The van der Waals surface area contributed by atoms with Gasteiger partial charge in [0.05, 0.1) is 6.04 Å². The molecule has 0 radical (unpaired) electrons. The largest absolute Gasteiger partial charge is 0.409 e. The van der Waals surface area contributed by atoms with Gasteiger partial charge in [-0.25, -0.2) is 0 Å². The maximum atomic E-state index is 8.59. The molecule has 0 aromatic carbocycles. The van der Waals surface area contributed by atoms with Crippen molar-refractivity contribution in [3.8, 4) is 0 Å². The Bertz CT molecular complexity index is 219. The highest BCUT2D eigenvalue weighted by molar-refractivity contribution is 5.85. The predicted molar refractivity (Wildman–Crippen MR) is 61.1 cm³/mol. The van der Waals surface area contributed by atoms with Gasteiger partial charge in [-0.05, 0) is 38.9 Å². The summed E-state index contributed by atoms with van der Waals surface area (Å²) in [4.78, 5) is 2.33. The van der Waals surface area contributed by atoms with Crippen LogP contribution in [0.2, 0.25) is 0 Å². The topological polar surface area (TPSA) is 73.9 Å².